The largest absolute Gasteiger partial charge is 0.444 e. The first-order valence-corrected chi connectivity index (χ1v) is 9.34. The molecule has 3 rings (SSSR count). The highest BCUT2D eigenvalue weighted by atomic mass is 16.7. The molecule has 7 nitrogen and oxygen atoms in total. The first-order valence-electron chi connectivity index (χ1n) is 9.34. The molecule has 1 unspecified atom stereocenters. The van der Waals surface area contributed by atoms with Crippen molar-refractivity contribution in [1.82, 2.24) is 4.90 Å². The molecule has 25 heavy (non-hydrogen) atoms. The summed E-state index contributed by atoms with van der Waals surface area (Å²) >= 11 is 0. The van der Waals surface area contributed by atoms with Crippen LogP contribution in [0.5, 0.6) is 0 Å². The second-order valence-electron chi connectivity index (χ2n) is 8.80. The van der Waals surface area contributed by atoms with E-state index in [4.69, 9.17) is 19.9 Å². The second kappa shape index (κ2) is 6.37. The van der Waals surface area contributed by atoms with Crippen LogP contribution in [0.25, 0.3) is 0 Å². The Hall–Kier alpha value is -0.890. The maximum Gasteiger partial charge on any atom is 0.410 e. The van der Waals surface area contributed by atoms with Gasteiger partial charge < -0.3 is 30.0 Å². The summed E-state index contributed by atoms with van der Waals surface area (Å²) in [5, 5.41) is 11.3. The summed E-state index contributed by atoms with van der Waals surface area (Å²) < 4.78 is 17.0. The number of amides is 1. The van der Waals surface area contributed by atoms with Crippen molar-refractivity contribution in [1.29, 1.82) is 0 Å². The average Bonchev–Trinajstić information content (AvgIpc) is 2.98. The fourth-order valence-electron chi connectivity index (χ4n) is 4.27. The van der Waals surface area contributed by atoms with E-state index in [9.17, 15) is 9.90 Å². The van der Waals surface area contributed by atoms with Crippen molar-refractivity contribution in [3.8, 4) is 0 Å². The molecule has 0 aromatic carbocycles. The van der Waals surface area contributed by atoms with Crippen molar-refractivity contribution in [3.63, 3.8) is 0 Å². The fraction of sp³-hybridized carbons (Fsp3) is 0.944. The van der Waals surface area contributed by atoms with Gasteiger partial charge in [0.1, 0.15) is 5.60 Å². The molecule has 0 bridgehead atoms. The molecule has 7 heteroatoms. The molecular formula is C18H32N2O5. The summed E-state index contributed by atoms with van der Waals surface area (Å²) in [7, 11) is 0. The molecule has 144 valence electrons. The molecule has 0 radical (unpaired) electrons. The summed E-state index contributed by atoms with van der Waals surface area (Å²) in [5.74, 6) is -0.540. The number of carbonyl (C=O) groups is 1. The Morgan fingerprint density at radius 3 is 2.28 bits per heavy atom. The Morgan fingerprint density at radius 2 is 1.72 bits per heavy atom. The minimum atomic E-state index is -1.02. The van der Waals surface area contributed by atoms with Crippen molar-refractivity contribution >= 4 is 6.09 Å². The Balaban J connectivity index is 1.67. The zero-order valence-corrected chi connectivity index (χ0v) is 15.7. The van der Waals surface area contributed by atoms with E-state index in [2.05, 4.69) is 0 Å². The van der Waals surface area contributed by atoms with Gasteiger partial charge in [0.15, 0.2) is 5.79 Å². The van der Waals surface area contributed by atoms with E-state index in [-0.39, 0.29) is 6.09 Å². The van der Waals surface area contributed by atoms with Crippen LogP contribution in [0.1, 0.15) is 59.3 Å². The van der Waals surface area contributed by atoms with Gasteiger partial charge >= 0.3 is 6.09 Å². The van der Waals surface area contributed by atoms with Crippen LogP contribution in [0, 0.1) is 0 Å². The highest BCUT2D eigenvalue weighted by molar-refractivity contribution is 5.68. The molecule has 1 saturated carbocycles. The van der Waals surface area contributed by atoms with Gasteiger partial charge in [-0.3, -0.25) is 0 Å². The van der Waals surface area contributed by atoms with E-state index in [0.29, 0.717) is 58.4 Å². The first kappa shape index (κ1) is 18.9. The average molecular weight is 356 g/mol. The topological polar surface area (TPSA) is 94.3 Å². The molecule has 3 aliphatic rings. The van der Waals surface area contributed by atoms with Crippen molar-refractivity contribution in [3.05, 3.63) is 0 Å². The molecule has 0 aromatic heterocycles. The molecule has 1 aliphatic carbocycles. The van der Waals surface area contributed by atoms with Gasteiger partial charge in [0.05, 0.1) is 24.4 Å². The van der Waals surface area contributed by atoms with E-state index in [1.165, 1.54) is 0 Å². The predicted molar refractivity (Wildman–Crippen MR) is 92.0 cm³/mol. The van der Waals surface area contributed by atoms with Gasteiger partial charge in [0.2, 0.25) is 0 Å². The molecule has 3 N–H and O–H groups in total. The number of ether oxygens (including phenoxy) is 3. The highest BCUT2D eigenvalue weighted by Gasteiger charge is 2.55. The summed E-state index contributed by atoms with van der Waals surface area (Å²) in [4.78, 5) is 14.1. The van der Waals surface area contributed by atoms with Crippen LogP contribution >= 0.6 is 0 Å². The van der Waals surface area contributed by atoms with Crippen LogP contribution in [0.2, 0.25) is 0 Å². The normalized spacial score (nSPS) is 32.0. The third-order valence-corrected chi connectivity index (χ3v) is 5.75. The third-order valence-electron chi connectivity index (χ3n) is 5.75. The van der Waals surface area contributed by atoms with Crippen molar-refractivity contribution < 1.29 is 24.1 Å². The number of likely N-dealkylation sites (tertiary alicyclic amines) is 1. The van der Waals surface area contributed by atoms with E-state index in [0.717, 1.165) is 6.42 Å². The maximum absolute atomic E-state index is 12.4. The third kappa shape index (κ3) is 3.79. The minimum absolute atomic E-state index is 0.313. The smallest absolute Gasteiger partial charge is 0.410 e. The number of hydrogen-bond donors (Lipinski definition) is 2. The standard InChI is InChI=1S/C18H32N2O5/c1-15(2,3)25-14(21)20-10-4-5-16(19,13-20)17(22)6-8-18(9-7-17)23-11-12-24-18/h22H,4-13,19H2,1-3H3. The van der Waals surface area contributed by atoms with Crippen LogP contribution in [-0.2, 0) is 14.2 Å². The lowest BCUT2D eigenvalue weighted by molar-refractivity contribution is -0.215. The number of aliphatic hydroxyl groups is 1. The lowest BCUT2D eigenvalue weighted by Crippen LogP contribution is -2.70. The summed E-state index contributed by atoms with van der Waals surface area (Å²) in [6, 6.07) is 0. The monoisotopic (exact) mass is 356 g/mol. The van der Waals surface area contributed by atoms with E-state index in [1.54, 1.807) is 4.90 Å². The lowest BCUT2D eigenvalue weighted by atomic mass is 9.66. The highest BCUT2D eigenvalue weighted by Crippen LogP contribution is 2.46. The van der Waals surface area contributed by atoms with E-state index >= 15 is 0 Å². The maximum atomic E-state index is 12.4. The van der Waals surface area contributed by atoms with Crippen LogP contribution in [-0.4, -0.2) is 64.9 Å². The Bertz CT molecular complexity index is 502. The molecular weight excluding hydrogens is 324 g/mol. The number of nitrogens with two attached hydrogens (primary N) is 1. The SMILES string of the molecule is CC(C)(C)OC(=O)N1CCCC(N)(C2(O)CCC3(CC2)OCCO3)C1. The zero-order valence-electron chi connectivity index (χ0n) is 15.7. The van der Waals surface area contributed by atoms with E-state index < -0.39 is 22.5 Å². The number of rotatable bonds is 1. The van der Waals surface area contributed by atoms with Crippen LogP contribution in [0.3, 0.4) is 0 Å². The van der Waals surface area contributed by atoms with E-state index in [1.807, 2.05) is 20.8 Å². The number of hydrogen-bond acceptors (Lipinski definition) is 6. The molecule has 2 saturated heterocycles. The Kier molecular flexibility index (Phi) is 4.81. The Labute approximate surface area is 149 Å². The van der Waals surface area contributed by atoms with Gasteiger partial charge in [0, 0.05) is 25.9 Å². The fourth-order valence-corrected chi connectivity index (χ4v) is 4.27. The van der Waals surface area contributed by atoms with Crippen LogP contribution < -0.4 is 5.73 Å². The molecule has 1 spiro atoms. The lowest BCUT2D eigenvalue weighted by Gasteiger charge is -2.53. The predicted octanol–water partition coefficient (Wildman–Crippen LogP) is 1.76. The van der Waals surface area contributed by atoms with Crippen LogP contribution in [0.15, 0.2) is 0 Å². The number of nitrogens with zero attached hydrogens (tertiary/aromatic N) is 1. The first-order chi connectivity index (χ1) is 11.6. The minimum Gasteiger partial charge on any atom is -0.444 e. The quantitative estimate of drug-likeness (QED) is 0.743. The van der Waals surface area contributed by atoms with Gasteiger partial charge in [-0.2, -0.15) is 0 Å². The molecule has 1 atom stereocenters. The van der Waals surface area contributed by atoms with Crippen molar-refractivity contribution in [2.45, 2.75) is 81.8 Å². The summed E-state index contributed by atoms with van der Waals surface area (Å²) in [6.45, 7) is 7.69. The number of piperidine rings is 1. The van der Waals surface area contributed by atoms with Crippen molar-refractivity contribution in [2.24, 2.45) is 5.73 Å². The molecule has 2 heterocycles. The van der Waals surface area contributed by atoms with Crippen molar-refractivity contribution in [2.75, 3.05) is 26.3 Å². The van der Waals surface area contributed by atoms with Gasteiger partial charge in [-0.15, -0.1) is 0 Å². The second-order valence-corrected chi connectivity index (χ2v) is 8.80. The van der Waals surface area contributed by atoms with Gasteiger partial charge in [-0.1, -0.05) is 0 Å². The summed E-state index contributed by atoms with van der Waals surface area (Å²) in [5.41, 5.74) is 4.27. The molecule has 3 fully saturated rings. The number of carbonyl (C=O) groups excluding carboxylic acids is 1. The zero-order chi connectivity index (χ0) is 18.3. The van der Waals surface area contributed by atoms with Gasteiger partial charge in [-0.05, 0) is 46.5 Å². The molecule has 1 amide bonds. The molecule has 2 aliphatic heterocycles. The molecule has 0 aromatic rings. The van der Waals surface area contributed by atoms with Gasteiger partial charge in [-0.25, -0.2) is 4.79 Å². The Morgan fingerprint density at radius 1 is 1.12 bits per heavy atom. The van der Waals surface area contributed by atoms with Gasteiger partial charge in [0.25, 0.3) is 0 Å². The summed E-state index contributed by atoms with van der Waals surface area (Å²) in [6.07, 6.45) is 3.40. The van der Waals surface area contributed by atoms with Crippen LogP contribution in [0.4, 0.5) is 4.79 Å².